The van der Waals surface area contributed by atoms with Crippen molar-refractivity contribution in [2.24, 2.45) is 0 Å². The number of piperidine rings is 1. The minimum absolute atomic E-state index is 0.205. The van der Waals surface area contributed by atoms with Crippen LogP contribution in [0.3, 0.4) is 0 Å². The van der Waals surface area contributed by atoms with Crippen LogP contribution in [0.15, 0.2) is 24.3 Å². The third-order valence-electron chi connectivity index (χ3n) is 4.71. The van der Waals surface area contributed by atoms with E-state index in [2.05, 4.69) is 17.3 Å². The average molecular weight is 373 g/mol. The Balaban J connectivity index is 1.88. The molecule has 0 bridgehead atoms. The number of hydrogen-bond acceptors (Lipinski definition) is 3. The molecule has 8 heteroatoms. The van der Waals surface area contributed by atoms with Gasteiger partial charge in [-0.2, -0.15) is 13.2 Å². The van der Waals surface area contributed by atoms with Gasteiger partial charge in [-0.15, -0.1) is 0 Å². The van der Waals surface area contributed by atoms with E-state index in [0.717, 1.165) is 31.9 Å². The molecule has 5 nitrogen and oxygen atoms in total. The highest BCUT2D eigenvalue weighted by molar-refractivity contribution is 5.90. The first kappa shape index (κ1) is 20.5. The number of alkyl halides is 3. The number of carbonyl (C=O) groups excluding carboxylic acids is 1. The molecule has 0 aromatic heterocycles. The SMILES string of the molecule is COCCCN(C)C1CCN(C(=O)Nc2ccccc2C(F)(F)F)CC1. The van der Waals surface area contributed by atoms with Gasteiger partial charge in [0.1, 0.15) is 0 Å². The van der Waals surface area contributed by atoms with Crippen LogP contribution in [0.5, 0.6) is 0 Å². The number of benzene rings is 1. The van der Waals surface area contributed by atoms with Crippen molar-refractivity contribution in [1.82, 2.24) is 9.80 Å². The van der Waals surface area contributed by atoms with E-state index in [1.807, 2.05) is 0 Å². The minimum atomic E-state index is -4.50. The Labute approximate surface area is 152 Å². The predicted octanol–water partition coefficient (Wildman–Crippen LogP) is 3.67. The third kappa shape index (κ3) is 5.60. The maximum Gasteiger partial charge on any atom is 0.418 e. The number of carbonyl (C=O) groups is 1. The molecule has 1 N–H and O–H groups in total. The molecule has 1 aliphatic heterocycles. The van der Waals surface area contributed by atoms with Gasteiger partial charge in [-0.3, -0.25) is 0 Å². The molecule has 2 amide bonds. The summed E-state index contributed by atoms with van der Waals surface area (Å²) in [4.78, 5) is 16.2. The molecule has 1 saturated heterocycles. The lowest BCUT2D eigenvalue weighted by atomic mass is 10.0. The normalized spacial score (nSPS) is 16.2. The Morgan fingerprint density at radius 1 is 1.31 bits per heavy atom. The van der Waals surface area contributed by atoms with E-state index in [4.69, 9.17) is 4.74 Å². The second-order valence-corrected chi connectivity index (χ2v) is 6.52. The molecular weight excluding hydrogens is 347 g/mol. The van der Waals surface area contributed by atoms with Gasteiger partial charge in [0.15, 0.2) is 0 Å². The summed E-state index contributed by atoms with van der Waals surface area (Å²) in [6.45, 7) is 2.69. The molecular formula is C18H26F3N3O2. The fourth-order valence-corrected chi connectivity index (χ4v) is 3.18. The highest BCUT2D eigenvalue weighted by Crippen LogP contribution is 2.34. The van der Waals surface area contributed by atoms with Crippen molar-refractivity contribution < 1.29 is 22.7 Å². The summed E-state index contributed by atoms with van der Waals surface area (Å²) in [6.07, 6.45) is -1.95. The number of para-hydroxylation sites is 1. The number of urea groups is 1. The smallest absolute Gasteiger partial charge is 0.385 e. The van der Waals surface area contributed by atoms with Crippen LogP contribution >= 0.6 is 0 Å². The highest BCUT2D eigenvalue weighted by atomic mass is 19.4. The van der Waals surface area contributed by atoms with Gasteiger partial charge in [-0.05, 0) is 38.4 Å². The standard InChI is InChI=1S/C18H26F3N3O2/c1-23(10-5-13-26-2)14-8-11-24(12-9-14)17(25)22-16-7-4-3-6-15(16)18(19,20)21/h3-4,6-7,14H,5,8-13H2,1-2H3,(H,22,25). The van der Waals surface area contributed by atoms with Crippen LogP contribution in [0, 0.1) is 0 Å². The van der Waals surface area contributed by atoms with Crippen molar-refractivity contribution in [3.63, 3.8) is 0 Å². The summed E-state index contributed by atoms with van der Waals surface area (Å²) >= 11 is 0. The summed E-state index contributed by atoms with van der Waals surface area (Å²) in [5.41, 5.74) is -1.04. The van der Waals surface area contributed by atoms with Crippen molar-refractivity contribution in [3.05, 3.63) is 29.8 Å². The molecule has 1 aromatic rings. The summed E-state index contributed by atoms with van der Waals surface area (Å²) in [7, 11) is 3.73. The second kappa shape index (κ2) is 9.23. The summed E-state index contributed by atoms with van der Waals surface area (Å²) < 4.78 is 44.1. The van der Waals surface area contributed by atoms with Crippen LogP contribution in [0.1, 0.15) is 24.8 Å². The van der Waals surface area contributed by atoms with E-state index >= 15 is 0 Å². The molecule has 26 heavy (non-hydrogen) atoms. The predicted molar refractivity (Wildman–Crippen MR) is 94.2 cm³/mol. The number of nitrogens with one attached hydrogen (secondary N) is 1. The van der Waals surface area contributed by atoms with Gasteiger partial charge >= 0.3 is 12.2 Å². The van der Waals surface area contributed by atoms with Crippen LogP contribution in [0.2, 0.25) is 0 Å². The van der Waals surface area contributed by atoms with E-state index in [9.17, 15) is 18.0 Å². The quantitative estimate of drug-likeness (QED) is 0.774. The zero-order valence-corrected chi connectivity index (χ0v) is 15.2. The molecule has 0 spiro atoms. The Kier molecular flexibility index (Phi) is 7.28. The number of anilines is 1. The number of rotatable bonds is 6. The molecule has 0 aliphatic carbocycles. The molecule has 146 valence electrons. The number of likely N-dealkylation sites (tertiary alicyclic amines) is 1. The van der Waals surface area contributed by atoms with E-state index in [-0.39, 0.29) is 5.69 Å². The third-order valence-corrected chi connectivity index (χ3v) is 4.71. The van der Waals surface area contributed by atoms with Gasteiger partial charge in [-0.1, -0.05) is 12.1 Å². The Morgan fingerprint density at radius 3 is 2.58 bits per heavy atom. The molecule has 1 aliphatic rings. The second-order valence-electron chi connectivity index (χ2n) is 6.52. The van der Waals surface area contributed by atoms with Gasteiger partial charge < -0.3 is 19.9 Å². The van der Waals surface area contributed by atoms with Gasteiger partial charge in [-0.25, -0.2) is 4.79 Å². The maximum absolute atomic E-state index is 13.0. The van der Waals surface area contributed by atoms with Crippen LogP contribution in [0.4, 0.5) is 23.7 Å². The van der Waals surface area contributed by atoms with Crippen LogP contribution in [-0.2, 0) is 10.9 Å². The van der Waals surface area contributed by atoms with E-state index in [1.165, 1.54) is 18.2 Å². The van der Waals surface area contributed by atoms with Crippen molar-refractivity contribution in [3.8, 4) is 0 Å². The van der Waals surface area contributed by atoms with Crippen molar-refractivity contribution in [1.29, 1.82) is 0 Å². The van der Waals surface area contributed by atoms with Crippen molar-refractivity contribution in [2.75, 3.05) is 45.7 Å². The first-order valence-corrected chi connectivity index (χ1v) is 8.74. The van der Waals surface area contributed by atoms with Gasteiger partial charge in [0.25, 0.3) is 0 Å². The molecule has 0 unspecified atom stereocenters. The summed E-state index contributed by atoms with van der Waals surface area (Å²) in [6, 6.07) is 4.92. The monoisotopic (exact) mass is 373 g/mol. The van der Waals surface area contributed by atoms with Crippen LogP contribution < -0.4 is 5.32 Å². The summed E-state index contributed by atoms with van der Waals surface area (Å²) in [5, 5.41) is 2.41. The Hall–Kier alpha value is -1.80. The van der Waals surface area contributed by atoms with Crippen molar-refractivity contribution >= 4 is 11.7 Å². The zero-order valence-electron chi connectivity index (χ0n) is 15.2. The topological polar surface area (TPSA) is 44.8 Å². The van der Waals surface area contributed by atoms with Gasteiger partial charge in [0.2, 0.25) is 0 Å². The first-order chi connectivity index (χ1) is 12.3. The highest BCUT2D eigenvalue weighted by Gasteiger charge is 2.34. The molecule has 1 fully saturated rings. The number of halogens is 3. The lowest BCUT2D eigenvalue weighted by molar-refractivity contribution is -0.136. The summed E-state index contributed by atoms with van der Waals surface area (Å²) in [5.74, 6) is 0. The number of ether oxygens (including phenoxy) is 1. The Bertz CT molecular complexity index is 587. The fourth-order valence-electron chi connectivity index (χ4n) is 3.18. The van der Waals surface area contributed by atoms with Crippen LogP contribution in [-0.4, -0.2) is 62.3 Å². The van der Waals surface area contributed by atoms with E-state index in [1.54, 1.807) is 12.0 Å². The molecule has 0 saturated carbocycles. The van der Waals surface area contributed by atoms with Crippen molar-refractivity contribution in [2.45, 2.75) is 31.5 Å². The molecule has 1 heterocycles. The first-order valence-electron chi connectivity index (χ1n) is 8.74. The molecule has 1 aromatic carbocycles. The maximum atomic E-state index is 13.0. The number of methoxy groups -OCH3 is 1. The van der Waals surface area contributed by atoms with E-state index in [0.29, 0.717) is 25.7 Å². The largest absolute Gasteiger partial charge is 0.418 e. The number of nitrogens with zero attached hydrogens (tertiary/aromatic N) is 2. The number of hydrogen-bond donors (Lipinski definition) is 1. The fraction of sp³-hybridized carbons (Fsp3) is 0.611. The van der Waals surface area contributed by atoms with E-state index < -0.39 is 17.8 Å². The molecule has 2 rings (SSSR count). The average Bonchev–Trinajstić information content (AvgIpc) is 2.61. The Morgan fingerprint density at radius 2 is 1.96 bits per heavy atom. The number of amides is 2. The lowest BCUT2D eigenvalue weighted by Gasteiger charge is -2.36. The zero-order chi connectivity index (χ0) is 19.2. The minimum Gasteiger partial charge on any atom is -0.385 e. The molecule has 0 radical (unpaired) electrons. The van der Waals surface area contributed by atoms with Crippen LogP contribution in [0.25, 0.3) is 0 Å². The molecule has 0 atom stereocenters. The van der Waals surface area contributed by atoms with Gasteiger partial charge in [0.05, 0.1) is 11.3 Å². The van der Waals surface area contributed by atoms with Gasteiger partial charge in [0, 0.05) is 39.4 Å². The lowest BCUT2D eigenvalue weighted by Crippen LogP contribution is -2.47.